The molecule has 0 radical (unpaired) electrons. The molecule has 1 aromatic carbocycles. The lowest BCUT2D eigenvalue weighted by Gasteiger charge is -2.33. The van der Waals surface area contributed by atoms with E-state index in [1.54, 1.807) is 6.20 Å². The van der Waals surface area contributed by atoms with Gasteiger partial charge in [-0.15, -0.1) is 25.9 Å². The van der Waals surface area contributed by atoms with E-state index in [0.29, 0.717) is 17.3 Å². The molecule has 10 nitrogen and oxygen atoms in total. The summed E-state index contributed by atoms with van der Waals surface area (Å²) in [4.78, 5) is 20.7. The van der Waals surface area contributed by atoms with Gasteiger partial charge in [0.2, 0.25) is 11.9 Å². The van der Waals surface area contributed by atoms with E-state index in [2.05, 4.69) is 83.5 Å². The number of rotatable bonds is 6. The lowest BCUT2D eigenvalue weighted by Crippen LogP contribution is -2.38. The van der Waals surface area contributed by atoms with Gasteiger partial charge in [0, 0.05) is 48.7 Å². The topological polar surface area (TPSA) is 112 Å². The number of anilines is 4. The van der Waals surface area contributed by atoms with Crippen molar-refractivity contribution in [1.29, 1.82) is 0 Å². The van der Waals surface area contributed by atoms with Crippen molar-refractivity contribution in [1.82, 2.24) is 25.4 Å². The standard InChI is InChI=1S/C26H31N9OSi/c1-5-23(36)28-18-7-8-21-22(15-18)25(34-11-6-12-34)32-31-24(21)35-13-9-20(17-35)29-26-27-16-19(30-33-26)10-14-37(2,3)4/h5,7-8,15-16,20H,1,6,9,11-13,17H2,2-4H3,(H,28,36)(H,27,29,33)/t20-/m1/s1. The Bertz CT molecular complexity index is 1390. The average Bonchev–Trinajstić information content (AvgIpc) is 3.30. The van der Waals surface area contributed by atoms with Gasteiger partial charge in [0.15, 0.2) is 17.3 Å². The maximum absolute atomic E-state index is 11.9. The first-order valence-electron chi connectivity index (χ1n) is 12.5. The number of nitrogens with zero attached hydrogens (tertiary/aromatic N) is 7. The number of fused-ring (bicyclic) bond motifs is 1. The maximum Gasteiger partial charge on any atom is 0.247 e. The molecule has 2 aliphatic heterocycles. The Balaban J connectivity index is 1.33. The predicted molar refractivity (Wildman–Crippen MR) is 149 cm³/mol. The quantitative estimate of drug-likeness (QED) is 0.292. The van der Waals surface area contributed by atoms with Gasteiger partial charge in [-0.2, -0.15) is 0 Å². The summed E-state index contributed by atoms with van der Waals surface area (Å²) in [5.41, 5.74) is 4.58. The van der Waals surface area contributed by atoms with E-state index < -0.39 is 8.07 Å². The Kier molecular flexibility index (Phi) is 6.75. The minimum absolute atomic E-state index is 0.152. The molecule has 2 aromatic heterocycles. The molecular weight excluding hydrogens is 482 g/mol. The number of amides is 1. The fourth-order valence-electron chi connectivity index (χ4n) is 4.30. The van der Waals surface area contributed by atoms with Crippen LogP contribution in [0.1, 0.15) is 18.5 Å². The first-order valence-corrected chi connectivity index (χ1v) is 16.0. The highest BCUT2D eigenvalue weighted by Gasteiger charge is 2.28. The Labute approximate surface area is 217 Å². The van der Waals surface area contributed by atoms with Crippen molar-refractivity contribution in [2.45, 2.75) is 38.5 Å². The largest absolute Gasteiger partial charge is 0.354 e. The summed E-state index contributed by atoms with van der Waals surface area (Å²) in [6, 6.07) is 6.03. The molecule has 2 saturated heterocycles. The summed E-state index contributed by atoms with van der Waals surface area (Å²) in [6.45, 7) is 13.6. The number of hydrogen-bond acceptors (Lipinski definition) is 9. The van der Waals surface area contributed by atoms with Crippen LogP contribution in [0, 0.1) is 11.5 Å². The molecule has 4 heterocycles. The molecule has 0 unspecified atom stereocenters. The molecule has 37 heavy (non-hydrogen) atoms. The average molecular weight is 514 g/mol. The van der Waals surface area contributed by atoms with Crippen molar-refractivity contribution < 1.29 is 4.79 Å². The second-order valence-electron chi connectivity index (χ2n) is 10.4. The van der Waals surface area contributed by atoms with E-state index in [1.807, 2.05) is 18.2 Å². The van der Waals surface area contributed by atoms with Crippen molar-refractivity contribution in [3.05, 3.63) is 42.7 Å². The van der Waals surface area contributed by atoms with E-state index in [0.717, 1.165) is 61.4 Å². The van der Waals surface area contributed by atoms with Gasteiger partial charge in [0.1, 0.15) is 8.07 Å². The van der Waals surface area contributed by atoms with Crippen LogP contribution >= 0.6 is 0 Å². The summed E-state index contributed by atoms with van der Waals surface area (Å²) in [6.07, 6.45) is 4.98. The van der Waals surface area contributed by atoms with Gasteiger partial charge in [0.05, 0.1) is 6.20 Å². The summed E-state index contributed by atoms with van der Waals surface area (Å²) < 4.78 is 0. The maximum atomic E-state index is 11.9. The Morgan fingerprint density at radius 2 is 1.86 bits per heavy atom. The highest BCUT2D eigenvalue weighted by Crippen LogP contribution is 2.35. The van der Waals surface area contributed by atoms with E-state index in [9.17, 15) is 4.79 Å². The number of carbonyl (C=O) groups excluding carboxylic acids is 1. The first kappa shape index (κ1) is 24.6. The van der Waals surface area contributed by atoms with Crippen molar-refractivity contribution in [3.63, 3.8) is 0 Å². The van der Waals surface area contributed by atoms with Crippen LogP contribution in [-0.2, 0) is 4.79 Å². The molecule has 0 saturated carbocycles. The molecule has 190 valence electrons. The molecule has 3 aromatic rings. The normalized spacial score (nSPS) is 17.1. The third kappa shape index (κ3) is 5.70. The molecule has 2 aliphatic rings. The Morgan fingerprint density at radius 3 is 2.51 bits per heavy atom. The highest BCUT2D eigenvalue weighted by molar-refractivity contribution is 6.83. The molecule has 2 fully saturated rings. The molecule has 0 spiro atoms. The van der Waals surface area contributed by atoms with E-state index in [4.69, 9.17) is 0 Å². The number of nitrogens with one attached hydrogen (secondary N) is 2. The lowest BCUT2D eigenvalue weighted by molar-refractivity contribution is -0.111. The van der Waals surface area contributed by atoms with E-state index >= 15 is 0 Å². The molecule has 1 amide bonds. The fourth-order valence-corrected chi connectivity index (χ4v) is 4.80. The van der Waals surface area contributed by atoms with Gasteiger partial charge in [-0.1, -0.05) is 32.1 Å². The van der Waals surface area contributed by atoms with Gasteiger partial charge in [-0.25, -0.2) is 4.98 Å². The van der Waals surface area contributed by atoms with Crippen molar-refractivity contribution in [3.8, 4) is 11.5 Å². The number of hydrogen-bond donors (Lipinski definition) is 2. The molecular formula is C26H31N9OSi. The first-order chi connectivity index (χ1) is 17.8. The third-order valence-corrected chi connectivity index (χ3v) is 7.17. The van der Waals surface area contributed by atoms with Crippen LogP contribution in [0.3, 0.4) is 0 Å². The number of aromatic nitrogens is 5. The van der Waals surface area contributed by atoms with Crippen LogP contribution in [0.5, 0.6) is 0 Å². The summed E-state index contributed by atoms with van der Waals surface area (Å²) in [5.74, 6) is 5.02. The van der Waals surface area contributed by atoms with E-state index in [1.165, 1.54) is 6.08 Å². The van der Waals surface area contributed by atoms with Crippen LogP contribution in [0.4, 0.5) is 23.3 Å². The smallest absolute Gasteiger partial charge is 0.247 e. The zero-order valence-electron chi connectivity index (χ0n) is 21.5. The van der Waals surface area contributed by atoms with Gasteiger partial charge in [-0.05, 0) is 37.1 Å². The van der Waals surface area contributed by atoms with Gasteiger partial charge >= 0.3 is 0 Å². The second kappa shape index (κ2) is 10.1. The zero-order valence-corrected chi connectivity index (χ0v) is 22.5. The van der Waals surface area contributed by atoms with Crippen molar-refractivity contribution in [2.24, 2.45) is 0 Å². The zero-order chi connectivity index (χ0) is 26.0. The Morgan fingerprint density at radius 1 is 1.08 bits per heavy atom. The number of benzene rings is 1. The molecule has 5 rings (SSSR count). The molecule has 1 atom stereocenters. The highest BCUT2D eigenvalue weighted by atomic mass is 28.3. The molecule has 11 heteroatoms. The van der Waals surface area contributed by atoms with Crippen LogP contribution in [-0.4, -0.2) is 71.6 Å². The third-order valence-electron chi connectivity index (χ3n) is 6.30. The van der Waals surface area contributed by atoms with Gasteiger partial charge in [-0.3, -0.25) is 4.79 Å². The monoisotopic (exact) mass is 513 g/mol. The number of carbonyl (C=O) groups is 1. The molecule has 0 aliphatic carbocycles. The SMILES string of the molecule is C=CC(=O)Nc1ccc2c(N3CC[C@@H](Nc4ncc(C#C[Si](C)(C)C)nn4)C3)nnc(N3CCC3)c2c1. The van der Waals surface area contributed by atoms with Crippen molar-refractivity contribution >= 4 is 48.0 Å². The van der Waals surface area contributed by atoms with Crippen LogP contribution in [0.15, 0.2) is 37.1 Å². The van der Waals surface area contributed by atoms with E-state index in [-0.39, 0.29) is 11.9 Å². The van der Waals surface area contributed by atoms with Crippen LogP contribution in [0.2, 0.25) is 19.6 Å². The van der Waals surface area contributed by atoms with Gasteiger partial charge in [0.25, 0.3) is 0 Å². The van der Waals surface area contributed by atoms with Gasteiger partial charge < -0.3 is 20.4 Å². The summed E-state index contributed by atoms with van der Waals surface area (Å²) in [7, 11) is -1.48. The Hall–Kier alpha value is -4.04. The summed E-state index contributed by atoms with van der Waals surface area (Å²) >= 11 is 0. The molecule has 0 bridgehead atoms. The van der Waals surface area contributed by atoms with Crippen molar-refractivity contribution in [2.75, 3.05) is 46.6 Å². The minimum Gasteiger partial charge on any atom is -0.354 e. The lowest BCUT2D eigenvalue weighted by atomic mass is 10.1. The van der Waals surface area contributed by atoms with Crippen LogP contribution in [0.25, 0.3) is 10.8 Å². The summed E-state index contributed by atoms with van der Waals surface area (Å²) in [5, 5.41) is 25.9. The predicted octanol–water partition coefficient (Wildman–Crippen LogP) is 3.07. The fraction of sp³-hybridized carbons (Fsp3) is 0.385. The minimum atomic E-state index is -1.48. The second-order valence-corrected chi connectivity index (χ2v) is 15.1. The van der Waals surface area contributed by atoms with Crippen LogP contribution < -0.4 is 20.4 Å². The molecule has 2 N–H and O–H groups in total.